The molecule has 0 aliphatic carbocycles. The van der Waals surface area contributed by atoms with Crippen LogP contribution in [0.15, 0.2) is 15.9 Å². The van der Waals surface area contributed by atoms with E-state index in [2.05, 4.69) is 21.2 Å². The highest BCUT2D eigenvalue weighted by atomic mass is 79.9. The van der Waals surface area contributed by atoms with Gasteiger partial charge in [0.15, 0.2) is 0 Å². The highest BCUT2D eigenvalue weighted by Crippen LogP contribution is 2.22. The summed E-state index contributed by atoms with van der Waals surface area (Å²) in [6.45, 7) is 4.75. The van der Waals surface area contributed by atoms with Gasteiger partial charge in [0.25, 0.3) is 0 Å². The fourth-order valence-corrected chi connectivity index (χ4v) is 3.14. The van der Waals surface area contributed by atoms with Gasteiger partial charge in [0.1, 0.15) is 0 Å². The molecular formula is C13H19BrN2O3S. The Morgan fingerprint density at radius 1 is 1.50 bits per heavy atom. The number of amides is 2. The smallest absolute Gasteiger partial charge is 0.317 e. The molecule has 0 saturated heterocycles. The van der Waals surface area contributed by atoms with Crippen LogP contribution in [0, 0.1) is 0 Å². The fraction of sp³-hybridized carbons (Fsp3) is 0.538. The Hall–Kier alpha value is -1.08. The standard InChI is InChI=1S/C13H19BrN2O3S/c1-9(2)16(6-3-4-12(17)18)13(19)15-8-11-10(14)5-7-20-11/h5,7,9H,3-4,6,8H2,1-2H3,(H,15,19)(H,17,18). The lowest BCUT2D eigenvalue weighted by Crippen LogP contribution is -2.44. The number of halogens is 1. The highest BCUT2D eigenvalue weighted by molar-refractivity contribution is 9.10. The van der Waals surface area contributed by atoms with Gasteiger partial charge in [-0.3, -0.25) is 4.79 Å². The summed E-state index contributed by atoms with van der Waals surface area (Å²) in [6.07, 6.45) is 0.538. The minimum atomic E-state index is -0.836. The minimum absolute atomic E-state index is 0.0376. The van der Waals surface area contributed by atoms with Gasteiger partial charge in [0.05, 0.1) is 6.54 Å². The van der Waals surface area contributed by atoms with Gasteiger partial charge >= 0.3 is 12.0 Å². The number of carboxylic acids is 1. The van der Waals surface area contributed by atoms with Crippen LogP contribution in [0.3, 0.4) is 0 Å². The predicted octanol–water partition coefficient (Wildman–Crippen LogP) is 3.30. The Morgan fingerprint density at radius 3 is 2.70 bits per heavy atom. The van der Waals surface area contributed by atoms with Crippen molar-refractivity contribution in [1.29, 1.82) is 0 Å². The number of aliphatic carboxylic acids is 1. The van der Waals surface area contributed by atoms with E-state index in [9.17, 15) is 9.59 Å². The summed E-state index contributed by atoms with van der Waals surface area (Å²) in [5.74, 6) is -0.836. The number of rotatable bonds is 7. The van der Waals surface area contributed by atoms with Crippen LogP contribution in [0.2, 0.25) is 0 Å². The summed E-state index contributed by atoms with van der Waals surface area (Å²) in [5.41, 5.74) is 0. The SMILES string of the molecule is CC(C)N(CCCC(=O)O)C(=O)NCc1sccc1Br. The third kappa shape index (κ3) is 5.50. The van der Waals surface area contributed by atoms with Crippen molar-refractivity contribution < 1.29 is 14.7 Å². The lowest BCUT2D eigenvalue weighted by atomic mass is 10.2. The highest BCUT2D eigenvalue weighted by Gasteiger charge is 2.17. The summed E-state index contributed by atoms with van der Waals surface area (Å²) in [6, 6.07) is 1.82. The molecule has 5 nitrogen and oxygen atoms in total. The van der Waals surface area contributed by atoms with Gasteiger partial charge in [-0.05, 0) is 47.6 Å². The second-order valence-corrected chi connectivity index (χ2v) is 6.49. The topological polar surface area (TPSA) is 69.6 Å². The first-order chi connectivity index (χ1) is 9.41. The zero-order valence-corrected chi connectivity index (χ0v) is 14.0. The largest absolute Gasteiger partial charge is 0.481 e. The van der Waals surface area contributed by atoms with Crippen LogP contribution in [-0.4, -0.2) is 34.6 Å². The number of carboxylic acid groups (broad SMARTS) is 1. The van der Waals surface area contributed by atoms with Gasteiger partial charge in [-0.1, -0.05) is 0 Å². The van der Waals surface area contributed by atoms with Crippen molar-refractivity contribution in [1.82, 2.24) is 10.2 Å². The first kappa shape index (κ1) is 17.0. The Kier molecular flexibility index (Phi) is 7.01. The molecule has 1 aromatic rings. The number of nitrogens with one attached hydrogen (secondary N) is 1. The van der Waals surface area contributed by atoms with Gasteiger partial charge in [0, 0.05) is 28.4 Å². The van der Waals surface area contributed by atoms with E-state index in [-0.39, 0.29) is 18.5 Å². The third-order valence-corrected chi connectivity index (χ3v) is 4.69. The summed E-state index contributed by atoms with van der Waals surface area (Å²) >= 11 is 5.00. The summed E-state index contributed by atoms with van der Waals surface area (Å²) in [7, 11) is 0. The van der Waals surface area contributed by atoms with Crippen molar-refractivity contribution in [2.75, 3.05) is 6.54 Å². The van der Waals surface area contributed by atoms with Gasteiger partial charge in [0.2, 0.25) is 0 Å². The van der Waals surface area contributed by atoms with E-state index in [0.29, 0.717) is 19.5 Å². The van der Waals surface area contributed by atoms with Crippen molar-refractivity contribution in [3.05, 3.63) is 20.8 Å². The quantitative estimate of drug-likeness (QED) is 0.781. The second kappa shape index (κ2) is 8.26. The van der Waals surface area contributed by atoms with E-state index in [4.69, 9.17) is 5.11 Å². The predicted molar refractivity (Wildman–Crippen MR) is 83.0 cm³/mol. The maximum Gasteiger partial charge on any atom is 0.317 e. The number of hydrogen-bond acceptors (Lipinski definition) is 3. The van der Waals surface area contributed by atoms with E-state index < -0.39 is 5.97 Å². The molecule has 0 aliphatic rings. The molecule has 0 atom stereocenters. The van der Waals surface area contributed by atoms with Crippen LogP contribution in [-0.2, 0) is 11.3 Å². The molecule has 0 spiro atoms. The monoisotopic (exact) mass is 362 g/mol. The maximum atomic E-state index is 12.1. The van der Waals surface area contributed by atoms with E-state index in [1.165, 1.54) is 0 Å². The molecule has 1 heterocycles. The van der Waals surface area contributed by atoms with Gasteiger partial charge in [-0.2, -0.15) is 0 Å². The zero-order chi connectivity index (χ0) is 15.1. The Balaban J connectivity index is 2.47. The molecule has 0 aliphatic heterocycles. The van der Waals surface area contributed by atoms with Crippen LogP contribution < -0.4 is 5.32 Å². The van der Waals surface area contributed by atoms with Crippen molar-refractivity contribution in [2.45, 2.75) is 39.3 Å². The van der Waals surface area contributed by atoms with Crippen LogP contribution >= 0.6 is 27.3 Å². The van der Waals surface area contributed by atoms with Crippen LogP contribution in [0.5, 0.6) is 0 Å². The first-order valence-corrected chi connectivity index (χ1v) is 8.07. The summed E-state index contributed by atoms with van der Waals surface area (Å²) in [5, 5.41) is 13.5. The van der Waals surface area contributed by atoms with Gasteiger partial charge in [-0.15, -0.1) is 11.3 Å². The molecule has 2 amide bonds. The molecule has 0 radical (unpaired) electrons. The number of nitrogens with zero attached hydrogens (tertiary/aromatic N) is 1. The molecule has 0 unspecified atom stereocenters. The fourth-order valence-electron chi connectivity index (χ4n) is 1.70. The van der Waals surface area contributed by atoms with E-state index in [1.807, 2.05) is 25.3 Å². The molecule has 20 heavy (non-hydrogen) atoms. The number of hydrogen-bond donors (Lipinski definition) is 2. The minimum Gasteiger partial charge on any atom is -0.481 e. The first-order valence-electron chi connectivity index (χ1n) is 6.40. The van der Waals surface area contributed by atoms with Crippen molar-refractivity contribution in [3.8, 4) is 0 Å². The Bertz CT molecular complexity index is 462. The van der Waals surface area contributed by atoms with Crippen molar-refractivity contribution in [3.63, 3.8) is 0 Å². The van der Waals surface area contributed by atoms with E-state index in [0.717, 1.165) is 9.35 Å². The molecule has 7 heteroatoms. The van der Waals surface area contributed by atoms with Crippen molar-refractivity contribution >= 4 is 39.3 Å². The average molecular weight is 363 g/mol. The molecule has 0 bridgehead atoms. The third-order valence-electron chi connectivity index (χ3n) is 2.77. The number of carbonyl (C=O) groups is 2. The average Bonchev–Trinajstić information content (AvgIpc) is 2.76. The molecule has 0 aromatic carbocycles. The number of carbonyl (C=O) groups excluding carboxylic acids is 1. The zero-order valence-electron chi connectivity index (χ0n) is 11.6. The number of thiophene rings is 1. The van der Waals surface area contributed by atoms with E-state index in [1.54, 1.807) is 16.2 Å². The lowest BCUT2D eigenvalue weighted by molar-refractivity contribution is -0.137. The van der Waals surface area contributed by atoms with E-state index >= 15 is 0 Å². The normalized spacial score (nSPS) is 10.6. The van der Waals surface area contributed by atoms with Crippen LogP contribution in [0.1, 0.15) is 31.6 Å². The number of urea groups is 1. The van der Waals surface area contributed by atoms with Gasteiger partial charge in [-0.25, -0.2) is 4.79 Å². The summed E-state index contributed by atoms with van der Waals surface area (Å²) in [4.78, 5) is 25.4. The van der Waals surface area contributed by atoms with Crippen LogP contribution in [0.25, 0.3) is 0 Å². The Labute approximate surface area is 131 Å². The maximum absolute atomic E-state index is 12.1. The molecule has 1 rings (SSSR count). The molecular weight excluding hydrogens is 344 g/mol. The molecule has 112 valence electrons. The second-order valence-electron chi connectivity index (χ2n) is 4.63. The molecule has 2 N–H and O–H groups in total. The lowest BCUT2D eigenvalue weighted by Gasteiger charge is -2.26. The van der Waals surface area contributed by atoms with Crippen LogP contribution in [0.4, 0.5) is 4.79 Å². The van der Waals surface area contributed by atoms with Gasteiger partial charge < -0.3 is 15.3 Å². The molecule has 0 fully saturated rings. The Morgan fingerprint density at radius 2 is 2.20 bits per heavy atom. The summed E-state index contributed by atoms with van der Waals surface area (Å²) < 4.78 is 0.991. The molecule has 1 aromatic heterocycles. The molecule has 0 saturated carbocycles. The van der Waals surface area contributed by atoms with Crippen molar-refractivity contribution in [2.24, 2.45) is 0 Å².